The van der Waals surface area contributed by atoms with Crippen LogP contribution < -0.4 is 5.73 Å². The zero-order valence-electron chi connectivity index (χ0n) is 9.15. The predicted molar refractivity (Wildman–Crippen MR) is 70.5 cm³/mol. The Morgan fingerprint density at radius 3 is 2.69 bits per heavy atom. The fourth-order valence-corrected chi connectivity index (χ4v) is 3.30. The van der Waals surface area contributed by atoms with E-state index in [1.54, 1.807) is 11.3 Å². The molecular weight excluding hydrogens is 238 g/mol. The van der Waals surface area contributed by atoms with Crippen molar-refractivity contribution >= 4 is 28.5 Å². The lowest BCUT2D eigenvalue weighted by molar-refractivity contribution is 0.831. The molecule has 0 fully saturated rings. The second kappa shape index (κ2) is 4.35. The highest BCUT2D eigenvalue weighted by atomic mass is 32.1. The lowest BCUT2D eigenvalue weighted by atomic mass is 10.1. The van der Waals surface area contributed by atoms with E-state index >= 15 is 0 Å². The lowest BCUT2D eigenvalue weighted by Crippen LogP contribution is -2.12. The average Bonchev–Trinajstić information content (AvgIpc) is 2.86. The van der Waals surface area contributed by atoms with Crippen LogP contribution in [0.5, 0.6) is 0 Å². The van der Waals surface area contributed by atoms with Crippen molar-refractivity contribution < 1.29 is 0 Å². The van der Waals surface area contributed by atoms with Gasteiger partial charge in [-0.15, -0.1) is 22.7 Å². The van der Waals surface area contributed by atoms with Crippen molar-refractivity contribution in [3.8, 4) is 9.88 Å². The van der Waals surface area contributed by atoms with E-state index < -0.39 is 0 Å². The minimum Gasteiger partial charge on any atom is -0.383 e. The zero-order valence-corrected chi connectivity index (χ0v) is 10.8. The summed E-state index contributed by atoms with van der Waals surface area (Å²) in [5.41, 5.74) is 6.51. The fraction of sp³-hybridized carbons (Fsp3) is 0.273. The Bertz CT molecular complexity index is 497. The van der Waals surface area contributed by atoms with Crippen molar-refractivity contribution in [2.75, 3.05) is 0 Å². The van der Waals surface area contributed by atoms with Gasteiger partial charge in [0.05, 0.1) is 15.4 Å². The quantitative estimate of drug-likeness (QED) is 0.649. The second-order valence-electron chi connectivity index (χ2n) is 3.78. The molecule has 0 aliphatic heterocycles. The molecule has 0 saturated heterocycles. The normalized spacial score (nSPS) is 10.9. The van der Waals surface area contributed by atoms with E-state index in [4.69, 9.17) is 11.1 Å². The van der Waals surface area contributed by atoms with E-state index in [2.05, 4.69) is 18.8 Å². The summed E-state index contributed by atoms with van der Waals surface area (Å²) in [6, 6.07) is 4.04. The smallest absolute Gasteiger partial charge is 0.135 e. The molecule has 2 aromatic rings. The minimum atomic E-state index is 0.115. The number of hydrogen-bond donors (Lipinski definition) is 2. The number of thiazole rings is 1. The third kappa shape index (κ3) is 2.01. The van der Waals surface area contributed by atoms with Crippen molar-refractivity contribution in [2.45, 2.75) is 19.8 Å². The standard InChI is InChI=1S/C11H13N3S2/c1-6(2)8-9(10(12)13)16-11(14-8)7-4-3-5-15-7/h3-6H,1-2H3,(H3,12,13). The van der Waals surface area contributed by atoms with Gasteiger partial charge >= 0.3 is 0 Å². The van der Waals surface area contributed by atoms with Crippen LogP contribution in [-0.2, 0) is 0 Å². The van der Waals surface area contributed by atoms with E-state index in [-0.39, 0.29) is 5.84 Å². The number of nitrogens with two attached hydrogens (primary N) is 1. The molecule has 0 aliphatic rings. The van der Waals surface area contributed by atoms with E-state index in [1.165, 1.54) is 11.3 Å². The lowest BCUT2D eigenvalue weighted by Gasteiger charge is -2.02. The van der Waals surface area contributed by atoms with Gasteiger partial charge in [-0.1, -0.05) is 19.9 Å². The number of amidine groups is 1. The summed E-state index contributed by atoms with van der Waals surface area (Å²) >= 11 is 3.16. The van der Waals surface area contributed by atoms with E-state index in [9.17, 15) is 0 Å². The van der Waals surface area contributed by atoms with Crippen molar-refractivity contribution in [1.82, 2.24) is 4.98 Å². The number of nitrogen functional groups attached to an aromatic ring is 1. The van der Waals surface area contributed by atoms with Gasteiger partial charge in [0.1, 0.15) is 10.8 Å². The Kier molecular flexibility index (Phi) is 3.07. The molecule has 0 unspecified atom stereocenters. The molecule has 84 valence electrons. The highest BCUT2D eigenvalue weighted by molar-refractivity contribution is 7.22. The van der Waals surface area contributed by atoms with Gasteiger partial charge in [-0.3, -0.25) is 5.41 Å². The average molecular weight is 251 g/mol. The molecule has 5 heteroatoms. The monoisotopic (exact) mass is 251 g/mol. The molecule has 16 heavy (non-hydrogen) atoms. The van der Waals surface area contributed by atoms with Crippen LogP contribution in [0.1, 0.15) is 30.3 Å². The molecule has 2 rings (SSSR count). The topological polar surface area (TPSA) is 62.8 Å². The SMILES string of the molecule is CC(C)c1nc(-c2cccs2)sc1C(=N)N. The fourth-order valence-electron chi connectivity index (χ4n) is 1.42. The number of rotatable bonds is 3. The van der Waals surface area contributed by atoms with Crippen LogP contribution in [0.15, 0.2) is 17.5 Å². The number of aromatic nitrogens is 1. The Morgan fingerprint density at radius 1 is 1.50 bits per heavy atom. The molecule has 3 nitrogen and oxygen atoms in total. The van der Waals surface area contributed by atoms with Gasteiger partial charge in [-0.05, 0) is 17.4 Å². The van der Waals surface area contributed by atoms with Crippen LogP contribution >= 0.6 is 22.7 Å². The summed E-state index contributed by atoms with van der Waals surface area (Å²) in [6.45, 7) is 4.14. The van der Waals surface area contributed by atoms with Crippen LogP contribution in [0.4, 0.5) is 0 Å². The maximum atomic E-state index is 7.56. The minimum absolute atomic E-state index is 0.115. The zero-order chi connectivity index (χ0) is 11.7. The van der Waals surface area contributed by atoms with Gasteiger partial charge in [0.15, 0.2) is 0 Å². The Balaban J connectivity index is 2.51. The third-order valence-corrected chi connectivity index (χ3v) is 4.32. The molecule has 3 N–H and O–H groups in total. The summed E-state index contributed by atoms with van der Waals surface area (Å²) in [4.78, 5) is 6.52. The molecule has 0 bridgehead atoms. The van der Waals surface area contributed by atoms with Gasteiger partial charge in [-0.2, -0.15) is 0 Å². The molecule has 2 aromatic heterocycles. The molecule has 0 spiro atoms. The molecule has 2 heterocycles. The van der Waals surface area contributed by atoms with Crippen LogP contribution in [0.3, 0.4) is 0 Å². The first kappa shape index (κ1) is 11.3. The first-order valence-corrected chi connectivity index (χ1v) is 6.68. The molecular formula is C11H13N3S2. The van der Waals surface area contributed by atoms with Gasteiger partial charge in [0, 0.05) is 0 Å². The highest BCUT2D eigenvalue weighted by Gasteiger charge is 2.17. The molecule has 0 aliphatic carbocycles. The van der Waals surface area contributed by atoms with E-state index in [1.807, 2.05) is 17.5 Å². The molecule has 0 atom stereocenters. The van der Waals surface area contributed by atoms with Crippen LogP contribution in [-0.4, -0.2) is 10.8 Å². The largest absolute Gasteiger partial charge is 0.383 e. The van der Waals surface area contributed by atoms with Crippen LogP contribution in [0.2, 0.25) is 0 Å². The molecule has 0 aromatic carbocycles. The molecule has 0 amide bonds. The summed E-state index contributed by atoms with van der Waals surface area (Å²) in [7, 11) is 0. The maximum absolute atomic E-state index is 7.56. The summed E-state index contributed by atoms with van der Waals surface area (Å²) in [6.07, 6.45) is 0. The number of thiophene rings is 1. The number of nitrogens with zero attached hydrogens (tertiary/aromatic N) is 1. The van der Waals surface area contributed by atoms with Crippen molar-refractivity contribution in [3.63, 3.8) is 0 Å². The Morgan fingerprint density at radius 2 is 2.25 bits per heavy atom. The third-order valence-electron chi connectivity index (χ3n) is 2.18. The Hall–Kier alpha value is -1.20. The van der Waals surface area contributed by atoms with Gasteiger partial charge in [-0.25, -0.2) is 4.98 Å². The highest BCUT2D eigenvalue weighted by Crippen LogP contribution is 2.33. The van der Waals surface area contributed by atoms with E-state index in [0.717, 1.165) is 20.5 Å². The molecule has 0 radical (unpaired) electrons. The first-order chi connectivity index (χ1) is 7.59. The predicted octanol–water partition coefficient (Wildman–Crippen LogP) is 3.28. The van der Waals surface area contributed by atoms with E-state index in [0.29, 0.717) is 5.92 Å². The summed E-state index contributed by atoms with van der Waals surface area (Å²) in [5.74, 6) is 0.410. The van der Waals surface area contributed by atoms with Gasteiger partial charge < -0.3 is 5.73 Å². The number of hydrogen-bond acceptors (Lipinski definition) is 4. The van der Waals surface area contributed by atoms with Crippen molar-refractivity contribution in [2.24, 2.45) is 5.73 Å². The summed E-state index contributed by atoms with van der Waals surface area (Å²) < 4.78 is 0. The number of nitrogens with one attached hydrogen (secondary N) is 1. The van der Waals surface area contributed by atoms with Gasteiger partial charge in [0.25, 0.3) is 0 Å². The van der Waals surface area contributed by atoms with Crippen molar-refractivity contribution in [1.29, 1.82) is 5.41 Å². The first-order valence-electron chi connectivity index (χ1n) is 4.98. The van der Waals surface area contributed by atoms with Crippen LogP contribution in [0.25, 0.3) is 9.88 Å². The van der Waals surface area contributed by atoms with Crippen molar-refractivity contribution in [3.05, 3.63) is 28.1 Å². The van der Waals surface area contributed by atoms with Gasteiger partial charge in [0.2, 0.25) is 0 Å². The Labute approximate surface area is 102 Å². The second-order valence-corrected chi connectivity index (χ2v) is 5.73. The molecule has 0 saturated carbocycles. The van der Waals surface area contributed by atoms with Crippen LogP contribution in [0, 0.1) is 5.41 Å². The maximum Gasteiger partial charge on any atom is 0.135 e. The summed E-state index contributed by atoms with van der Waals surface area (Å²) in [5, 5.41) is 10.5.